The number of methoxy groups -OCH3 is 1. The molecule has 10 heteroatoms. The highest BCUT2D eigenvalue weighted by Crippen LogP contribution is 2.33. The SMILES string of the molecule is CCC(CC)(NC(=O)c1cnc(N2CCC(F)(F)CC2)c(OCC(C)(C)C)n1)C(=O)OC. The van der Waals surface area contributed by atoms with Crippen LogP contribution in [0.1, 0.15) is 70.8 Å². The summed E-state index contributed by atoms with van der Waals surface area (Å²) in [5.74, 6) is -3.41. The normalized spacial score (nSPS) is 16.4. The molecule has 8 nitrogen and oxygen atoms in total. The minimum absolute atomic E-state index is 0.0322. The van der Waals surface area contributed by atoms with Crippen LogP contribution in [0.15, 0.2) is 6.20 Å². The van der Waals surface area contributed by atoms with Gasteiger partial charge in [-0.2, -0.15) is 0 Å². The summed E-state index contributed by atoms with van der Waals surface area (Å²) in [6.07, 6.45) is 1.37. The van der Waals surface area contributed by atoms with Gasteiger partial charge >= 0.3 is 5.97 Å². The Bertz CT molecular complexity index is 813. The van der Waals surface area contributed by atoms with Crippen molar-refractivity contribution in [2.75, 3.05) is 31.7 Å². The molecule has 0 saturated carbocycles. The van der Waals surface area contributed by atoms with Crippen molar-refractivity contribution in [3.63, 3.8) is 0 Å². The van der Waals surface area contributed by atoms with Crippen molar-refractivity contribution in [3.8, 4) is 5.88 Å². The molecule has 0 atom stereocenters. The third kappa shape index (κ3) is 6.26. The van der Waals surface area contributed by atoms with Crippen molar-refractivity contribution in [2.24, 2.45) is 5.41 Å². The number of piperidine rings is 1. The molecule has 1 saturated heterocycles. The fraction of sp³-hybridized carbons (Fsp3) is 0.727. The summed E-state index contributed by atoms with van der Waals surface area (Å²) < 4.78 is 37.9. The summed E-state index contributed by atoms with van der Waals surface area (Å²) in [7, 11) is 1.27. The van der Waals surface area contributed by atoms with Crippen LogP contribution in [-0.2, 0) is 9.53 Å². The van der Waals surface area contributed by atoms with E-state index in [-0.39, 0.29) is 42.9 Å². The van der Waals surface area contributed by atoms with E-state index in [0.717, 1.165) is 0 Å². The fourth-order valence-corrected chi connectivity index (χ4v) is 3.36. The predicted octanol–water partition coefficient (Wildman–Crippen LogP) is 3.60. The standard InChI is InChI=1S/C22H34F2N4O4/c1-7-21(8-2,19(30)31-6)27-17(29)15-13-25-16(18(26-15)32-14-20(3,4)5)28-11-9-22(23,24)10-12-28/h13H,7-12,14H2,1-6H3,(H,27,29). The molecule has 1 aromatic heterocycles. The van der Waals surface area contributed by atoms with Crippen LogP contribution in [-0.4, -0.2) is 60.1 Å². The number of amides is 1. The zero-order valence-corrected chi connectivity index (χ0v) is 19.8. The number of hydrogen-bond acceptors (Lipinski definition) is 7. The number of nitrogens with zero attached hydrogens (tertiary/aromatic N) is 3. The molecule has 32 heavy (non-hydrogen) atoms. The van der Waals surface area contributed by atoms with Crippen LogP contribution in [0.25, 0.3) is 0 Å². The zero-order chi connectivity index (χ0) is 24.2. The van der Waals surface area contributed by atoms with E-state index in [1.807, 2.05) is 20.8 Å². The van der Waals surface area contributed by atoms with E-state index >= 15 is 0 Å². The third-order valence-electron chi connectivity index (χ3n) is 5.53. The van der Waals surface area contributed by atoms with Crippen LogP contribution in [0.5, 0.6) is 5.88 Å². The highest BCUT2D eigenvalue weighted by Gasteiger charge is 2.39. The number of alkyl halides is 2. The van der Waals surface area contributed by atoms with Crippen molar-refractivity contribution in [2.45, 2.75) is 71.8 Å². The van der Waals surface area contributed by atoms with Gasteiger partial charge in [-0.05, 0) is 18.3 Å². The zero-order valence-electron chi connectivity index (χ0n) is 19.8. The quantitative estimate of drug-likeness (QED) is 0.598. The molecule has 1 amide bonds. The lowest BCUT2D eigenvalue weighted by Gasteiger charge is -2.33. The van der Waals surface area contributed by atoms with Gasteiger partial charge in [0.05, 0.1) is 19.9 Å². The molecule has 0 aromatic carbocycles. The largest absolute Gasteiger partial charge is 0.474 e. The summed E-state index contributed by atoms with van der Waals surface area (Å²) in [4.78, 5) is 35.6. The Hall–Kier alpha value is -2.52. The minimum atomic E-state index is -2.70. The lowest BCUT2D eigenvalue weighted by atomic mass is 9.92. The number of aromatic nitrogens is 2. The van der Waals surface area contributed by atoms with Gasteiger partial charge in [-0.25, -0.2) is 23.5 Å². The van der Waals surface area contributed by atoms with Crippen LogP contribution in [0.3, 0.4) is 0 Å². The van der Waals surface area contributed by atoms with Gasteiger partial charge < -0.3 is 19.7 Å². The molecule has 1 fully saturated rings. The van der Waals surface area contributed by atoms with Crippen molar-refractivity contribution in [1.29, 1.82) is 0 Å². The second-order valence-corrected chi connectivity index (χ2v) is 9.31. The molecule has 2 rings (SSSR count). The van der Waals surface area contributed by atoms with Crippen LogP contribution in [0, 0.1) is 5.41 Å². The van der Waals surface area contributed by atoms with E-state index in [1.54, 1.807) is 18.7 Å². The molecular weight excluding hydrogens is 422 g/mol. The molecule has 1 aromatic rings. The molecule has 1 aliphatic heterocycles. The number of halogens is 2. The number of esters is 1. The van der Waals surface area contributed by atoms with Gasteiger partial charge in [-0.1, -0.05) is 34.6 Å². The fourth-order valence-electron chi connectivity index (χ4n) is 3.36. The maximum absolute atomic E-state index is 13.6. The second-order valence-electron chi connectivity index (χ2n) is 9.31. The van der Waals surface area contributed by atoms with Crippen LogP contribution >= 0.6 is 0 Å². The first-order chi connectivity index (χ1) is 14.9. The van der Waals surface area contributed by atoms with Crippen molar-refractivity contribution >= 4 is 17.7 Å². The number of carbonyl (C=O) groups excluding carboxylic acids is 2. The Morgan fingerprint density at radius 3 is 2.28 bits per heavy atom. The van der Waals surface area contributed by atoms with E-state index < -0.39 is 23.3 Å². The topological polar surface area (TPSA) is 93.7 Å². The number of hydrogen-bond donors (Lipinski definition) is 1. The first-order valence-electron chi connectivity index (χ1n) is 10.9. The number of nitrogens with one attached hydrogen (secondary N) is 1. The molecule has 0 unspecified atom stereocenters. The Morgan fingerprint density at radius 2 is 1.78 bits per heavy atom. The summed E-state index contributed by atoms with van der Waals surface area (Å²) in [6.45, 7) is 9.99. The Labute approximate surface area is 188 Å². The molecule has 1 aliphatic rings. The average molecular weight is 457 g/mol. The minimum Gasteiger partial charge on any atom is -0.474 e. The highest BCUT2D eigenvalue weighted by molar-refractivity contribution is 5.96. The lowest BCUT2D eigenvalue weighted by molar-refractivity contribution is -0.148. The Balaban J connectivity index is 2.34. The first-order valence-corrected chi connectivity index (χ1v) is 10.9. The van der Waals surface area contributed by atoms with Gasteiger partial charge in [0.15, 0.2) is 11.5 Å². The van der Waals surface area contributed by atoms with E-state index in [4.69, 9.17) is 9.47 Å². The van der Waals surface area contributed by atoms with Gasteiger partial charge in [0.25, 0.3) is 17.7 Å². The van der Waals surface area contributed by atoms with E-state index in [0.29, 0.717) is 25.3 Å². The molecule has 180 valence electrons. The predicted molar refractivity (Wildman–Crippen MR) is 116 cm³/mol. The van der Waals surface area contributed by atoms with E-state index in [9.17, 15) is 18.4 Å². The molecule has 0 aliphatic carbocycles. The maximum atomic E-state index is 13.6. The van der Waals surface area contributed by atoms with Crippen molar-refractivity contribution in [3.05, 3.63) is 11.9 Å². The number of rotatable bonds is 8. The first kappa shape index (κ1) is 25.7. The van der Waals surface area contributed by atoms with Gasteiger partial charge in [0.2, 0.25) is 0 Å². The molecule has 0 spiro atoms. The average Bonchev–Trinajstić information content (AvgIpc) is 2.75. The summed E-state index contributed by atoms with van der Waals surface area (Å²) in [5, 5.41) is 2.72. The molecular formula is C22H34F2N4O4. The van der Waals surface area contributed by atoms with Gasteiger partial charge in [0.1, 0.15) is 5.54 Å². The van der Waals surface area contributed by atoms with E-state index in [1.165, 1.54) is 13.3 Å². The second kappa shape index (κ2) is 9.95. The molecule has 1 N–H and O–H groups in total. The number of carbonyl (C=O) groups is 2. The summed E-state index contributed by atoms with van der Waals surface area (Å²) >= 11 is 0. The van der Waals surface area contributed by atoms with E-state index in [2.05, 4.69) is 15.3 Å². The lowest BCUT2D eigenvalue weighted by Crippen LogP contribution is -2.54. The third-order valence-corrected chi connectivity index (χ3v) is 5.53. The van der Waals surface area contributed by atoms with Crippen molar-refractivity contribution < 1.29 is 27.8 Å². The highest BCUT2D eigenvalue weighted by atomic mass is 19.3. The monoisotopic (exact) mass is 456 g/mol. The molecule has 2 heterocycles. The van der Waals surface area contributed by atoms with Gasteiger partial charge in [0, 0.05) is 25.9 Å². The summed E-state index contributed by atoms with van der Waals surface area (Å²) in [5.41, 5.74) is -1.41. The Morgan fingerprint density at radius 1 is 1.19 bits per heavy atom. The van der Waals surface area contributed by atoms with Crippen molar-refractivity contribution in [1.82, 2.24) is 15.3 Å². The number of anilines is 1. The maximum Gasteiger partial charge on any atom is 0.331 e. The van der Waals surface area contributed by atoms with Crippen LogP contribution < -0.4 is 15.0 Å². The van der Waals surface area contributed by atoms with Gasteiger partial charge in [-0.3, -0.25) is 4.79 Å². The Kier molecular flexibility index (Phi) is 8.01. The van der Waals surface area contributed by atoms with Crippen LogP contribution in [0.4, 0.5) is 14.6 Å². The number of ether oxygens (including phenoxy) is 2. The molecule has 0 radical (unpaired) electrons. The van der Waals surface area contributed by atoms with Crippen LogP contribution in [0.2, 0.25) is 0 Å². The smallest absolute Gasteiger partial charge is 0.331 e. The summed E-state index contributed by atoms with van der Waals surface area (Å²) in [6, 6.07) is 0. The van der Waals surface area contributed by atoms with Gasteiger partial charge in [-0.15, -0.1) is 0 Å². The molecule has 0 bridgehead atoms.